The summed E-state index contributed by atoms with van der Waals surface area (Å²) in [5.74, 6) is -0.533. The van der Waals surface area contributed by atoms with E-state index in [-0.39, 0.29) is 0 Å². The third kappa shape index (κ3) is 3.66. The molecule has 20 heavy (non-hydrogen) atoms. The van der Waals surface area contributed by atoms with Gasteiger partial charge in [0.25, 0.3) is 0 Å². The van der Waals surface area contributed by atoms with Gasteiger partial charge in [-0.15, -0.1) is 0 Å². The highest BCUT2D eigenvalue weighted by molar-refractivity contribution is 9.10. The molecule has 0 aliphatic rings. The maximum absolute atomic E-state index is 11.7. The van der Waals surface area contributed by atoms with E-state index in [1.54, 1.807) is 18.2 Å². The minimum absolute atomic E-state index is 0.431. The van der Waals surface area contributed by atoms with Crippen LogP contribution in [0.25, 0.3) is 0 Å². The molecule has 2 aromatic carbocycles. The number of amides is 1. The van der Waals surface area contributed by atoms with Gasteiger partial charge in [-0.05, 0) is 36.4 Å². The predicted octanol–water partition coefficient (Wildman–Crippen LogP) is 4.39. The van der Waals surface area contributed by atoms with E-state index in [2.05, 4.69) is 21.2 Å². The van der Waals surface area contributed by atoms with Crippen LogP contribution in [0, 0.1) is 0 Å². The van der Waals surface area contributed by atoms with E-state index in [1.165, 1.54) is 0 Å². The maximum atomic E-state index is 11.7. The van der Waals surface area contributed by atoms with Crippen molar-refractivity contribution in [3.05, 3.63) is 62.5 Å². The van der Waals surface area contributed by atoms with Crippen LogP contribution in [0.3, 0.4) is 0 Å². The minimum Gasteiger partial charge on any atom is -0.370 e. The lowest BCUT2D eigenvalue weighted by Crippen LogP contribution is -2.28. The third-order valence-corrected chi connectivity index (χ3v) is 3.76. The Balaban J connectivity index is 2.37. The molecule has 0 aromatic heterocycles. The second kappa shape index (κ2) is 6.48. The highest BCUT2D eigenvalue weighted by Gasteiger charge is 2.20. The van der Waals surface area contributed by atoms with Gasteiger partial charge in [-0.3, -0.25) is 4.79 Å². The molecule has 2 aromatic rings. The van der Waals surface area contributed by atoms with Gasteiger partial charge in [0.05, 0.1) is 0 Å². The molecule has 1 amide bonds. The fourth-order valence-corrected chi connectivity index (χ4v) is 2.59. The Morgan fingerprint density at radius 2 is 1.95 bits per heavy atom. The van der Waals surface area contributed by atoms with E-state index < -0.39 is 11.9 Å². The van der Waals surface area contributed by atoms with E-state index >= 15 is 0 Å². The van der Waals surface area contributed by atoms with Gasteiger partial charge in [0.1, 0.15) is 6.04 Å². The van der Waals surface area contributed by atoms with Crippen molar-refractivity contribution in [2.45, 2.75) is 6.04 Å². The molecule has 3 nitrogen and oxygen atoms in total. The van der Waals surface area contributed by atoms with Crippen LogP contribution in [0.15, 0.2) is 46.9 Å². The topological polar surface area (TPSA) is 55.1 Å². The Bertz CT molecular complexity index is 649. The lowest BCUT2D eigenvalue weighted by Gasteiger charge is -2.18. The fourth-order valence-electron chi connectivity index (χ4n) is 1.78. The second-order valence-electron chi connectivity index (χ2n) is 4.16. The van der Waals surface area contributed by atoms with Gasteiger partial charge in [-0.1, -0.05) is 45.2 Å². The largest absolute Gasteiger partial charge is 0.370 e. The first-order chi connectivity index (χ1) is 9.47. The van der Waals surface area contributed by atoms with Crippen molar-refractivity contribution in [1.29, 1.82) is 0 Å². The van der Waals surface area contributed by atoms with Crippen molar-refractivity contribution >= 4 is 50.7 Å². The van der Waals surface area contributed by atoms with Crippen LogP contribution in [-0.2, 0) is 4.79 Å². The van der Waals surface area contributed by atoms with Gasteiger partial charge in [-0.25, -0.2) is 0 Å². The first-order valence-corrected chi connectivity index (χ1v) is 7.28. The summed E-state index contributed by atoms with van der Waals surface area (Å²) in [6.45, 7) is 0. The average molecular weight is 374 g/mol. The second-order valence-corrected chi connectivity index (χ2v) is 5.92. The Labute approximate surface area is 135 Å². The summed E-state index contributed by atoms with van der Waals surface area (Å²) in [6.07, 6.45) is 0. The molecule has 2 rings (SSSR count). The Morgan fingerprint density at radius 3 is 2.60 bits per heavy atom. The summed E-state index contributed by atoms with van der Waals surface area (Å²) in [5.41, 5.74) is 6.76. The summed E-state index contributed by atoms with van der Waals surface area (Å²) >= 11 is 15.4. The SMILES string of the molecule is NC(=O)C(Nc1cccc(Br)c1)c1cc(Cl)ccc1Cl. The van der Waals surface area contributed by atoms with Crippen molar-refractivity contribution in [2.75, 3.05) is 5.32 Å². The summed E-state index contributed by atoms with van der Waals surface area (Å²) in [5, 5.41) is 3.98. The van der Waals surface area contributed by atoms with Gasteiger partial charge >= 0.3 is 0 Å². The number of halogens is 3. The van der Waals surface area contributed by atoms with Crippen LogP contribution in [0.4, 0.5) is 5.69 Å². The molecule has 0 heterocycles. The first kappa shape index (κ1) is 15.2. The quantitative estimate of drug-likeness (QED) is 0.834. The number of anilines is 1. The summed E-state index contributed by atoms with van der Waals surface area (Å²) in [7, 11) is 0. The highest BCUT2D eigenvalue weighted by atomic mass is 79.9. The monoisotopic (exact) mass is 372 g/mol. The van der Waals surface area contributed by atoms with Crippen molar-refractivity contribution in [2.24, 2.45) is 5.73 Å². The Kier molecular flexibility index (Phi) is 4.91. The number of hydrogen-bond acceptors (Lipinski definition) is 2. The number of nitrogens with two attached hydrogens (primary N) is 1. The van der Waals surface area contributed by atoms with Crippen LogP contribution in [0.5, 0.6) is 0 Å². The van der Waals surface area contributed by atoms with Crippen LogP contribution in [0.1, 0.15) is 11.6 Å². The highest BCUT2D eigenvalue weighted by Crippen LogP contribution is 2.29. The third-order valence-electron chi connectivity index (χ3n) is 2.69. The fraction of sp³-hybridized carbons (Fsp3) is 0.0714. The number of carbonyl (C=O) groups is 1. The number of nitrogens with one attached hydrogen (secondary N) is 1. The van der Waals surface area contributed by atoms with Gasteiger partial charge in [0.15, 0.2) is 0 Å². The lowest BCUT2D eigenvalue weighted by atomic mass is 10.1. The molecule has 0 bridgehead atoms. The summed E-state index contributed by atoms with van der Waals surface area (Å²) in [4.78, 5) is 11.7. The molecular weight excluding hydrogens is 363 g/mol. The molecular formula is C14H11BrCl2N2O. The number of primary amides is 1. The number of carbonyl (C=O) groups excluding carboxylic acids is 1. The van der Waals surface area contributed by atoms with Gasteiger partial charge in [0.2, 0.25) is 5.91 Å². The molecule has 0 aliphatic heterocycles. The van der Waals surface area contributed by atoms with Gasteiger partial charge in [0, 0.05) is 25.8 Å². The zero-order chi connectivity index (χ0) is 14.7. The van der Waals surface area contributed by atoms with Gasteiger partial charge < -0.3 is 11.1 Å². The summed E-state index contributed by atoms with van der Waals surface area (Å²) < 4.78 is 0.892. The molecule has 1 unspecified atom stereocenters. The van der Waals surface area contributed by atoms with Crippen molar-refractivity contribution in [3.63, 3.8) is 0 Å². The van der Waals surface area contributed by atoms with E-state index in [1.807, 2.05) is 24.3 Å². The predicted molar refractivity (Wildman–Crippen MR) is 86.2 cm³/mol. The molecule has 0 saturated heterocycles. The normalized spacial score (nSPS) is 11.9. The van der Waals surface area contributed by atoms with Crippen molar-refractivity contribution < 1.29 is 4.79 Å². The molecule has 0 saturated carbocycles. The van der Waals surface area contributed by atoms with E-state index in [9.17, 15) is 4.79 Å². The van der Waals surface area contributed by atoms with E-state index in [0.717, 1.165) is 10.2 Å². The average Bonchev–Trinajstić information content (AvgIpc) is 2.39. The zero-order valence-corrected chi connectivity index (χ0v) is 13.3. The van der Waals surface area contributed by atoms with E-state index in [4.69, 9.17) is 28.9 Å². The maximum Gasteiger partial charge on any atom is 0.244 e. The Morgan fingerprint density at radius 1 is 1.20 bits per heavy atom. The van der Waals surface area contributed by atoms with E-state index in [0.29, 0.717) is 15.6 Å². The van der Waals surface area contributed by atoms with Crippen LogP contribution < -0.4 is 11.1 Å². The standard InChI is InChI=1S/C14H11BrCl2N2O/c15-8-2-1-3-10(6-8)19-13(14(18)20)11-7-9(16)4-5-12(11)17/h1-7,13,19H,(H2,18,20). The molecule has 6 heteroatoms. The molecule has 3 N–H and O–H groups in total. The smallest absolute Gasteiger partial charge is 0.244 e. The number of rotatable bonds is 4. The Hall–Kier alpha value is -1.23. The zero-order valence-electron chi connectivity index (χ0n) is 10.2. The van der Waals surface area contributed by atoms with Crippen LogP contribution >= 0.6 is 39.1 Å². The molecule has 0 radical (unpaired) electrons. The van der Waals surface area contributed by atoms with Crippen molar-refractivity contribution in [3.8, 4) is 0 Å². The number of hydrogen-bond donors (Lipinski definition) is 2. The van der Waals surface area contributed by atoms with Crippen LogP contribution in [-0.4, -0.2) is 5.91 Å². The number of benzene rings is 2. The molecule has 104 valence electrons. The molecule has 1 atom stereocenters. The molecule has 0 fully saturated rings. The molecule has 0 aliphatic carbocycles. The summed E-state index contributed by atoms with van der Waals surface area (Å²) in [6, 6.07) is 11.6. The van der Waals surface area contributed by atoms with Crippen LogP contribution in [0.2, 0.25) is 10.0 Å². The van der Waals surface area contributed by atoms with Gasteiger partial charge in [-0.2, -0.15) is 0 Å². The lowest BCUT2D eigenvalue weighted by molar-refractivity contribution is -0.118. The minimum atomic E-state index is -0.754. The first-order valence-electron chi connectivity index (χ1n) is 5.74. The van der Waals surface area contributed by atoms with Crippen molar-refractivity contribution in [1.82, 2.24) is 0 Å². The molecule has 0 spiro atoms.